The predicted molar refractivity (Wildman–Crippen MR) is 138 cm³/mol. The van der Waals surface area contributed by atoms with Gasteiger partial charge >= 0.3 is 0 Å². The smallest absolute Gasteiger partial charge is 0.146 e. The minimum absolute atomic E-state index is 0.0705. The maximum Gasteiger partial charge on any atom is 0.146 e. The van der Waals surface area contributed by atoms with Crippen molar-refractivity contribution in [3.8, 4) is 0 Å². The normalized spacial score (nSPS) is 19.4. The molecule has 34 heavy (non-hydrogen) atoms. The second-order valence-electron chi connectivity index (χ2n) is 10.9. The molecule has 0 spiro atoms. The molecule has 4 heterocycles. The number of benzene rings is 2. The first-order valence-corrected chi connectivity index (χ1v) is 12.3. The Morgan fingerprint density at radius 1 is 1.03 bits per heavy atom. The molecule has 2 aromatic heterocycles. The number of aromatic nitrogens is 1. The van der Waals surface area contributed by atoms with Crippen LogP contribution in [0, 0.1) is 6.92 Å². The molecule has 1 unspecified atom stereocenters. The summed E-state index contributed by atoms with van der Waals surface area (Å²) in [5, 5.41) is 2.25. The molecule has 4 heteroatoms. The molecule has 0 saturated heterocycles. The monoisotopic (exact) mass is 447 g/mol. The number of rotatable bonds is 1. The fourth-order valence-electron chi connectivity index (χ4n) is 5.89. The van der Waals surface area contributed by atoms with Gasteiger partial charge in [0, 0.05) is 28.4 Å². The first-order valence-electron chi connectivity index (χ1n) is 12.3. The second-order valence-corrected chi connectivity index (χ2v) is 10.9. The van der Waals surface area contributed by atoms with E-state index in [2.05, 4.69) is 92.1 Å². The van der Waals surface area contributed by atoms with Crippen molar-refractivity contribution in [2.45, 2.75) is 58.7 Å². The van der Waals surface area contributed by atoms with Gasteiger partial charge in [0.1, 0.15) is 17.3 Å². The summed E-state index contributed by atoms with van der Waals surface area (Å²) >= 11 is 0. The molecule has 4 aromatic rings. The molecular formula is C30H29N3O. The Kier molecular flexibility index (Phi) is 3.95. The van der Waals surface area contributed by atoms with Crippen LogP contribution in [0.1, 0.15) is 62.2 Å². The van der Waals surface area contributed by atoms with Gasteiger partial charge in [-0.3, -0.25) is 4.98 Å². The number of furan rings is 1. The lowest BCUT2D eigenvalue weighted by atomic mass is 9.87. The average Bonchev–Trinajstić information content (AvgIpc) is 3.46. The van der Waals surface area contributed by atoms with Gasteiger partial charge in [-0.1, -0.05) is 51.1 Å². The van der Waals surface area contributed by atoms with Gasteiger partial charge in [-0.2, -0.15) is 0 Å². The quantitative estimate of drug-likeness (QED) is 0.303. The number of nitrogens with zero attached hydrogens (tertiary/aromatic N) is 3. The van der Waals surface area contributed by atoms with Crippen LogP contribution < -0.4 is 4.90 Å². The zero-order chi connectivity index (χ0) is 23.2. The summed E-state index contributed by atoms with van der Waals surface area (Å²) in [6.45, 7) is 9.74. The molecule has 0 bridgehead atoms. The lowest BCUT2D eigenvalue weighted by Crippen LogP contribution is -2.28. The third-order valence-electron chi connectivity index (χ3n) is 7.64. The van der Waals surface area contributed by atoms with Crippen molar-refractivity contribution in [3.05, 3.63) is 94.6 Å². The summed E-state index contributed by atoms with van der Waals surface area (Å²) in [7, 11) is 0. The molecule has 4 nitrogen and oxygen atoms in total. The summed E-state index contributed by atoms with van der Waals surface area (Å²) in [6.07, 6.45) is 8.85. The van der Waals surface area contributed by atoms with Crippen molar-refractivity contribution in [2.24, 2.45) is 0 Å². The molecule has 1 aliphatic carbocycles. The molecule has 2 aromatic carbocycles. The Morgan fingerprint density at radius 3 is 2.65 bits per heavy atom. The maximum absolute atomic E-state index is 6.56. The zero-order valence-electron chi connectivity index (χ0n) is 20.2. The van der Waals surface area contributed by atoms with Crippen molar-refractivity contribution >= 4 is 27.6 Å². The number of hydrogen-bond acceptors (Lipinski definition) is 4. The zero-order valence-corrected chi connectivity index (χ0v) is 20.2. The van der Waals surface area contributed by atoms with Gasteiger partial charge in [-0.25, -0.2) is 0 Å². The maximum atomic E-state index is 6.56. The highest BCUT2D eigenvalue weighted by Crippen LogP contribution is 2.53. The van der Waals surface area contributed by atoms with Gasteiger partial charge in [0.05, 0.1) is 23.5 Å². The number of anilines is 1. The van der Waals surface area contributed by atoms with Gasteiger partial charge in [0.25, 0.3) is 0 Å². The Bertz CT molecular complexity index is 1530. The van der Waals surface area contributed by atoms with Crippen LogP contribution in [0.2, 0.25) is 0 Å². The predicted octanol–water partition coefficient (Wildman–Crippen LogP) is 7.48. The lowest BCUT2D eigenvalue weighted by molar-refractivity contribution is 0.298. The first kappa shape index (κ1) is 19.9. The largest absolute Gasteiger partial charge is 0.455 e. The van der Waals surface area contributed by atoms with Crippen LogP contribution in [0.4, 0.5) is 5.69 Å². The molecule has 0 saturated carbocycles. The van der Waals surface area contributed by atoms with E-state index < -0.39 is 0 Å². The fourth-order valence-corrected chi connectivity index (χ4v) is 5.89. The summed E-state index contributed by atoms with van der Waals surface area (Å²) in [4.78, 5) is 10.0. The van der Waals surface area contributed by atoms with Crippen LogP contribution in [0.5, 0.6) is 0 Å². The first-order chi connectivity index (χ1) is 16.4. The number of hydrogen-bond donors (Lipinski definition) is 0. The van der Waals surface area contributed by atoms with Gasteiger partial charge in [0.15, 0.2) is 0 Å². The summed E-state index contributed by atoms with van der Waals surface area (Å²) in [5.74, 6) is 0. The molecule has 0 amide bonds. The van der Waals surface area contributed by atoms with Crippen LogP contribution in [-0.4, -0.2) is 9.88 Å². The lowest BCUT2D eigenvalue weighted by Gasteiger charge is -2.30. The van der Waals surface area contributed by atoms with Crippen molar-refractivity contribution in [3.63, 3.8) is 0 Å². The highest BCUT2D eigenvalue weighted by molar-refractivity contribution is 6.06. The van der Waals surface area contributed by atoms with Crippen molar-refractivity contribution in [1.82, 2.24) is 9.88 Å². The fraction of sp³-hybridized carbons (Fsp3) is 0.300. The van der Waals surface area contributed by atoms with Crippen LogP contribution in [0.25, 0.3) is 21.9 Å². The SMILES string of the molecule is Cc1ccc2c(c1)oc1c3c(ncc12)CN1C2=C(C=CCC2)N(c2ccc(C(C)(C)C)cc2)C31. The third kappa shape index (κ3) is 2.68. The third-order valence-corrected chi connectivity index (χ3v) is 7.64. The summed E-state index contributed by atoms with van der Waals surface area (Å²) in [6, 6.07) is 15.6. The van der Waals surface area contributed by atoms with Crippen LogP contribution in [0.15, 0.2) is 76.6 Å². The Balaban J connectivity index is 1.44. The van der Waals surface area contributed by atoms with Crippen LogP contribution in [0.3, 0.4) is 0 Å². The minimum atomic E-state index is 0.0705. The van der Waals surface area contributed by atoms with Gasteiger partial charge in [-0.15, -0.1) is 0 Å². The number of fused-ring (bicyclic) bond motifs is 8. The molecule has 0 radical (unpaired) electrons. The Hall–Kier alpha value is -3.53. The molecule has 0 N–H and O–H groups in total. The van der Waals surface area contributed by atoms with E-state index in [-0.39, 0.29) is 11.6 Å². The van der Waals surface area contributed by atoms with Crippen molar-refractivity contribution < 1.29 is 4.42 Å². The van der Waals surface area contributed by atoms with Crippen LogP contribution >= 0.6 is 0 Å². The molecule has 1 atom stereocenters. The van der Waals surface area contributed by atoms with Gasteiger partial charge in [0.2, 0.25) is 0 Å². The van der Waals surface area contributed by atoms with E-state index in [1.807, 2.05) is 6.20 Å². The Morgan fingerprint density at radius 2 is 1.85 bits per heavy atom. The van der Waals surface area contributed by atoms with Gasteiger partial charge in [-0.05, 0) is 60.6 Å². The van der Waals surface area contributed by atoms with Crippen LogP contribution in [-0.2, 0) is 12.0 Å². The second kappa shape index (κ2) is 6.75. The van der Waals surface area contributed by atoms with Gasteiger partial charge < -0.3 is 14.2 Å². The van der Waals surface area contributed by atoms with E-state index in [0.29, 0.717) is 0 Å². The standard InChI is InChI=1S/C30H29N3O/c1-18-9-14-21-22-16-31-23-17-32-24-7-5-6-8-25(24)33(20-12-10-19(11-13-20)30(2,3)4)29(32)27(23)28(22)34-26(21)15-18/h6,8-16,29H,5,7,17H2,1-4H3. The molecule has 2 aliphatic heterocycles. The number of allylic oxidation sites excluding steroid dienone is 3. The van der Waals surface area contributed by atoms with E-state index in [0.717, 1.165) is 47.0 Å². The molecular weight excluding hydrogens is 418 g/mol. The topological polar surface area (TPSA) is 32.5 Å². The molecule has 170 valence electrons. The molecule has 7 rings (SSSR count). The summed E-state index contributed by atoms with van der Waals surface area (Å²) in [5.41, 5.74) is 10.9. The minimum Gasteiger partial charge on any atom is -0.455 e. The highest BCUT2D eigenvalue weighted by Gasteiger charge is 2.46. The number of pyridine rings is 1. The van der Waals surface area contributed by atoms with E-state index in [1.54, 1.807) is 0 Å². The van der Waals surface area contributed by atoms with E-state index in [9.17, 15) is 0 Å². The Labute approximate surface area is 200 Å². The van der Waals surface area contributed by atoms with Crippen molar-refractivity contribution in [1.29, 1.82) is 0 Å². The van der Waals surface area contributed by atoms with Crippen molar-refractivity contribution in [2.75, 3.05) is 4.90 Å². The average molecular weight is 448 g/mol. The van der Waals surface area contributed by atoms with E-state index >= 15 is 0 Å². The molecule has 0 fully saturated rings. The highest BCUT2D eigenvalue weighted by atomic mass is 16.3. The molecule has 3 aliphatic rings. The summed E-state index contributed by atoms with van der Waals surface area (Å²) < 4.78 is 6.56. The van der Waals surface area contributed by atoms with E-state index in [1.165, 1.54) is 33.8 Å². The number of aryl methyl sites for hydroxylation is 1. The van der Waals surface area contributed by atoms with E-state index in [4.69, 9.17) is 9.40 Å².